The lowest BCUT2D eigenvalue weighted by Gasteiger charge is -2.23. The number of methoxy groups -OCH3 is 1. The molecule has 1 aliphatic carbocycles. The van der Waals surface area contributed by atoms with Crippen LogP contribution in [0.1, 0.15) is 30.0 Å². The lowest BCUT2D eigenvalue weighted by molar-refractivity contribution is 0.407. The quantitative estimate of drug-likeness (QED) is 0.745. The van der Waals surface area contributed by atoms with Gasteiger partial charge in [-0.25, -0.2) is 4.39 Å². The molecule has 0 spiro atoms. The summed E-state index contributed by atoms with van der Waals surface area (Å²) in [5.41, 5.74) is 7.54. The van der Waals surface area contributed by atoms with E-state index in [1.54, 1.807) is 7.11 Å². The van der Waals surface area contributed by atoms with Crippen molar-refractivity contribution in [3.8, 4) is 5.75 Å². The minimum absolute atomic E-state index is 0.148. The molecule has 1 atom stereocenters. The van der Waals surface area contributed by atoms with Crippen LogP contribution in [0, 0.1) is 5.82 Å². The second-order valence-electron chi connectivity index (χ2n) is 3.68. The Morgan fingerprint density at radius 2 is 2.29 bits per heavy atom. The minimum Gasteiger partial charge on any atom is -0.497 e. The molecule has 0 saturated heterocycles. The molecule has 0 unspecified atom stereocenters. The molecule has 1 aromatic carbocycles. The third kappa shape index (κ3) is 1.48. The summed E-state index contributed by atoms with van der Waals surface area (Å²) in [5.74, 6) is 0.349. The fourth-order valence-corrected chi connectivity index (χ4v) is 2.04. The molecule has 76 valence electrons. The molecule has 1 aliphatic rings. The normalized spacial score (nSPS) is 20.4. The van der Waals surface area contributed by atoms with E-state index in [9.17, 15) is 4.39 Å². The van der Waals surface area contributed by atoms with Crippen molar-refractivity contribution < 1.29 is 9.13 Å². The fourth-order valence-electron chi connectivity index (χ4n) is 2.04. The number of nitrogens with two attached hydrogens (primary N) is 1. The van der Waals surface area contributed by atoms with Crippen LogP contribution in [-0.2, 0) is 6.42 Å². The molecule has 1 aromatic rings. The van der Waals surface area contributed by atoms with Crippen LogP contribution in [-0.4, -0.2) is 7.11 Å². The summed E-state index contributed by atoms with van der Waals surface area (Å²) < 4.78 is 18.6. The summed E-state index contributed by atoms with van der Waals surface area (Å²) in [7, 11) is 1.55. The number of halogens is 1. The van der Waals surface area contributed by atoms with Crippen LogP contribution < -0.4 is 10.5 Å². The molecule has 2 rings (SSSR count). The molecule has 0 aliphatic heterocycles. The maximum atomic E-state index is 13.6. The Balaban J connectivity index is 2.51. The number of fused-ring (bicyclic) bond motifs is 1. The smallest absolute Gasteiger partial charge is 0.131 e. The molecule has 3 heteroatoms. The van der Waals surface area contributed by atoms with Gasteiger partial charge in [0.05, 0.1) is 7.11 Å². The molecular weight excluding hydrogens is 181 g/mol. The maximum Gasteiger partial charge on any atom is 0.131 e. The largest absolute Gasteiger partial charge is 0.497 e. The highest BCUT2D eigenvalue weighted by Crippen LogP contribution is 2.32. The molecule has 2 nitrogen and oxygen atoms in total. The SMILES string of the molecule is COc1cc(F)c2c(c1)CCC[C@H]2N. The Morgan fingerprint density at radius 1 is 1.50 bits per heavy atom. The average molecular weight is 195 g/mol. The van der Waals surface area contributed by atoms with E-state index in [-0.39, 0.29) is 11.9 Å². The van der Waals surface area contributed by atoms with Gasteiger partial charge in [0.1, 0.15) is 11.6 Å². The summed E-state index contributed by atoms with van der Waals surface area (Å²) in [6.45, 7) is 0. The van der Waals surface area contributed by atoms with E-state index in [4.69, 9.17) is 10.5 Å². The number of hydrogen-bond acceptors (Lipinski definition) is 2. The summed E-state index contributed by atoms with van der Waals surface area (Å²) in [6.07, 6.45) is 2.80. The molecule has 0 bridgehead atoms. The van der Waals surface area contributed by atoms with Crippen molar-refractivity contribution >= 4 is 0 Å². The number of aryl methyl sites for hydroxylation is 1. The summed E-state index contributed by atoms with van der Waals surface area (Å²) in [6, 6.07) is 3.14. The zero-order valence-corrected chi connectivity index (χ0v) is 8.22. The highest BCUT2D eigenvalue weighted by atomic mass is 19.1. The molecule has 0 fully saturated rings. The fraction of sp³-hybridized carbons (Fsp3) is 0.455. The van der Waals surface area contributed by atoms with Gasteiger partial charge in [0.15, 0.2) is 0 Å². The zero-order chi connectivity index (χ0) is 10.1. The Bertz CT molecular complexity index is 351. The molecule has 0 amide bonds. The Labute approximate surface area is 82.9 Å². The number of ether oxygens (including phenoxy) is 1. The predicted octanol–water partition coefficient (Wildman–Crippen LogP) is 2.17. The van der Waals surface area contributed by atoms with E-state index in [1.807, 2.05) is 6.07 Å². The van der Waals surface area contributed by atoms with E-state index >= 15 is 0 Å². The first-order valence-corrected chi connectivity index (χ1v) is 4.84. The van der Waals surface area contributed by atoms with Gasteiger partial charge >= 0.3 is 0 Å². The van der Waals surface area contributed by atoms with Crippen LogP contribution in [0.15, 0.2) is 12.1 Å². The van der Waals surface area contributed by atoms with Crippen molar-refractivity contribution in [1.82, 2.24) is 0 Å². The Morgan fingerprint density at radius 3 is 3.00 bits per heavy atom. The number of benzene rings is 1. The van der Waals surface area contributed by atoms with Crippen molar-refractivity contribution in [2.45, 2.75) is 25.3 Å². The third-order valence-corrected chi connectivity index (χ3v) is 2.76. The molecule has 0 aromatic heterocycles. The van der Waals surface area contributed by atoms with Crippen LogP contribution in [0.5, 0.6) is 5.75 Å². The summed E-state index contributed by atoms with van der Waals surface area (Å²) in [5, 5.41) is 0. The number of rotatable bonds is 1. The van der Waals surface area contributed by atoms with Crippen molar-refractivity contribution in [1.29, 1.82) is 0 Å². The average Bonchev–Trinajstić information content (AvgIpc) is 2.17. The van der Waals surface area contributed by atoms with Crippen molar-refractivity contribution in [3.63, 3.8) is 0 Å². The standard InChI is InChI=1S/C11H14FNO/c1-14-8-5-7-3-2-4-10(13)11(7)9(12)6-8/h5-6,10H,2-4,13H2,1H3/t10-/m1/s1. The molecule has 0 radical (unpaired) electrons. The van der Waals surface area contributed by atoms with Gasteiger partial charge in [-0.1, -0.05) is 0 Å². The van der Waals surface area contributed by atoms with Crippen molar-refractivity contribution in [3.05, 3.63) is 29.1 Å². The van der Waals surface area contributed by atoms with Gasteiger partial charge in [-0.3, -0.25) is 0 Å². The molecular formula is C11H14FNO. The predicted molar refractivity (Wildman–Crippen MR) is 52.8 cm³/mol. The van der Waals surface area contributed by atoms with E-state index in [2.05, 4.69) is 0 Å². The maximum absolute atomic E-state index is 13.6. The zero-order valence-electron chi connectivity index (χ0n) is 8.22. The van der Waals surface area contributed by atoms with Crippen LogP contribution in [0.2, 0.25) is 0 Å². The topological polar surface area (TPSA) is 35.2 Å². The second kappa shape index (κ2) is 3.58. The first-order chi connectivity index (χ1) is 6.72. The van der Waals surface area contributed by atoms with E-state index < -0.39 is 0 Å². The van der Waals surface area contributed by atoms with Crippen molar-refractivity contribution in [2.24, 2.45) is 5.73 Å². The highest BCUT2D eigenvalue weighted by Gasteiger charge is 2.21. The van der Waals surface area contributed by atoms with Crippen LogP contribution in [0.4, 0.5) is 4.39 Å². The lowest BCUT2D eigenvalue weighted by atomic mass is 9.87. The Hall–Kier alpha value is -1.09. The van der Waals surface area contributed by atoms with Crippen LogP contribution in [0.25, 0.3) is 0 Å². The second-order valence-corrected chi connectivity index (χ2v) is 3.68. The summed E-state index contributed by atoms with van der Waals surface area (Å²) >= 11 is 0. The van der Waals surface area contributed by atoms with Crippen LogP contribution >= 0.6 is 0 Å². The molecule has 2 N–H and O–H groups in total. The number of hydrogen-bond donors (Lipinski definition) is 1. The van der Waals surface area contributed by atoms with Gasteiger partial charge in [0.25, 0.3) is 0 Å². The van der Waals surface area contributed by atoms with E-state index in [1.165, 1.54) is 6.07 Å². The van der Waals surface area contributed by atoms with Gasteiger partial charge in [-0.2, -0.15) is 0 Å². The molecule has 14 heavy (non-hydrogen) atoms. The first-order valence-electron chi connectivity index (χ1n) is 4.84. The highest BCUT2D eigenvalue weighted by molar-refractivity contribution is 5.40. The minimum atomic E-state index is -0.230. The van der Waals surface area contributed by atoms with Crippen LogP contribution in [0.3, 0.4) is 0 Å². The van der Waals surface area contributed by atoms with Gasteiger partial charge in [0.2, 0.25) is 0 Å². The molecule has 0 saturated carbocycles. The van der Waals surface area contributed by atoms with Gasteiger partial charge in [0, 0.05) is 17.7 Å². The summed E-state index contributed by atoms with van der Waals surface area (Å²) in [4.78, 5) is 0. The monoisotopic (exact) mass is 195 g/mol. The molecule has 0 heterocycles. The van der Waals surface area contributed by atoms with E-state index in [0.29, 0.717) is 11.3 Å². The van der Waals surface area contributed by atoms with Gasteiger partial charge in [-0.15, -0.1) is 0 Å². The van der Waals surface area contributed by atoms with E-state index in [0.717, 1.165) is 24.8 Å². The first kappa shape index (κ1) is 9.46. The van der Waals surface area contributed by atoms with Crippen molar-refractivity contribution in [2.75, 3.05) is 7.11 Å². The third-order valence-electron chi connectivity index (χ3n) is 2.76. The Kier molecular flexibility index (Phi) is 2.42. The van der Waals surface area contributed by atoms with Gasteiger partial charge in [-0.05, 0) is 30.9 Å². The lowest BCUT2D eigenvalue weighted by Crippen LogP contribution is -2.19. The van der Waals surface area contributed by atoms with Gasteiger partial charge < -0.3 is 10.5 Å².